The maximum Gasteiger partial charge on any atom is 0.223 e. The molecule has 1 rings (SSSR count). The molecule has 120 valence electrons. The molecular formula is C16H29N3O2. The molecule has 0 aliphatic carbocycles. The second-order valence-corrected chi connectivity index (χ2v) is 5.72. The molecule has 21 heavy (non-hydrogen) atoms. The highest BCUT2D eigenvalue weighted by Crippen LogP contribution is 2.16. The summed E-state index contributed by atoms with van der Waals surface area (Å²) >= 11 is 0. The molecule has 0 aliphatic heterocycles. The average Bonchev–Trinajstić information content (AvgIpc) is 2.43. The van der Waals surface area contributed by atoms with Crippen molar-refractivity contribution >= 4 is 0 Å². The van der Waals surface area contributed by atoms with Crippen molar-refractivity contribution in [3.05, 3.63) is 27.7 Å². The summed E-state index contributed by atoms with van der Waals surface area (Å²) < 4.78 is 2.07. The Kier molecular flexibility index (Phi) is 6.92. The molecule has 0 bridgehead atoms. The summed E-state index contributed by atoms with van der Waals surface area (Å²) in [5.74, 6) is -0.114. The second-order valence-electron chi connectivity index (χ2n) is 5.72. The van der Waals surface area contributed by atoms with Crippen molar-refractivity contribution in [2.24, 2.45) is 0 Å². The molecule has 0 atom stereocenters. The summed E-state index contributed by atoms with van der Waals surface area (Å²) in [7, 11) is 3.87. The van der Waals surface area contributed by atoms with Crippen LogP contribution in [0.1, 0.15) is 31.7 Å². The van der Waals surface area contributed by atoms with Crippen molar-refractivity contribution in [1.82, 2.24) is 14.4 Å². The summed E-state index contributed by atoms with van der Waals surface area (Å²) in [5.41, 5.74) is 1.34. The third-order valence-corrected chi connectivity index (χ3v) is 3.81. The van der Waals surface area contributed by atoms with Crippen molar-refractivity contribution in [3.8, 4) is 5.75 Å². The summed E-state index contributed by atoms with van der Waals surface area (Å²) in [5, 5.41) is 10.1. The standard InChI is InChI=1S/C16H29N3O2/c1-6-18(7-2)9-8-10-19-13(3)11-15(20)16(21)14(19)12-17(4)5/h11,21H,6-10,12H2,1-5H3. The van der Waals surface area contributed by atoms with E-state index >= 15 is 0 Å². The Morgan fingerprint density at radius 3 is 2.38 bits per heavy atom. The van der Waals surface area contributed by atoms with Crippen molar-refractivity contribution in [1.29, 1.82) is 0 Å². The Balaban J connectivity index is 2.94. The summed E-state index contributed by atoms with van der Waals surface area (Å²) in [6.07, 6.45) is 1.01. The molecule has 0 aliphatic rings. The Hall–Kier alpha value is -1.33. The number of aryl methyl sites for hydroxylation is 1. The predicted octanol–water partition coefficient (Wildman–Crippen LogP) is 1.66. The van der Waals surface area contributed by atoms with Gasteiger partial charge in [0.15, 0.2) is 5.75 Å². The Bertz CT molecular complexity index is 505. The van der Waals surface area contributed by atoms with Gasteiger partial charge in [0.2, 0.25) is 5.43 Å². The number of nitrogens with zero attached hydrogens (tertiary/aromatic N) is 3. The zero-order valence-electron chi connectivity index (χ0n) is 14.0. The fourth-order valence-electron chi connectivity index (χ4n) is 2.58. The van der Waals surface area contributed by atoms with Crippen LogP contribution < -0.4 is 5.43 Å². The molecule has 0 saturated heterocycles. The highest BCUT2D eigenvalue weighted by Gasteiger charge is 2.13. The van der Waals surface area contributed by atoms with Crippen LogP contribution in [0.5, 0.6) is 5.75 Å². The molecule has 0 unspecified atom stereocenters. The number of hydrogen-bond donors (Lipinski definition) is 1. The lowest BCUT2D eigenvalue weighted by Gasteiger charge is -2.22. The third-order valence-electron chi connectivity index (χ3n) is 3.81. The molecule has 1 heterocycles. The molecule has 1 N–H and O–H groups in total. The van der Waals surface area contributed by atoms with Crippen molar-refractivity contribution in [2.45, 2.75) is 40.3 Å². The van der Waals surface area contributed by atoms with Gasteiger partial charge in [0, 0.05) is 24.8 Å². The monoisotopic (exact) mass is 295 g/mol. The quantitative estimate of drug-likeness (QED) is 0.792. The number of aromatic nitrogens is 1. The van der Waals surface area contributed by atoms with Gasteiger partial charge in [-0.05, 0) is 47.1 Å². The van der Waals surface area contributed by atoms with Gasteiger partial charge >= 0.3 is 0 Å². The second kappa shape index (κ2) is 8.20. The van der Waals surface area contributed by atoms with Gasteiger partial charge in [-0.3, -0.25) is 4.79 Å². The van der Waals surface area contributed by atoms with Crippen LogP contribution in [0.15, 0.2) is 10.9 Å². The van der Waals surface area contributed by atoms with Gasteiger partial charge < -0.3 is 19.5 Å². The fraction of sp³-hybridized carbons (Fsp3) is 0.688. The minimum Gasteiger partial charge on any atom is -0.503 e. The lowest BCUT2D eigenvalue weighted by Crippen LogP contribution is -2.26. The Labute approximate surface area is 127 Å². The van der Waals surface area contributed by atoms with Crippen LogP contribution >= 0.6 is 0 Å². The highest BCUT2D eigenvalue weighted by molar-refractivity contribution is 5.29. The normalized spacial score (nSPS) is 11.6. The van der Waals surface area contributed by atoms with E-state index in [0.29, 0.717) is 12.2 Å². The topological polar surface area (TPSA) is 48.7 Å². The minimum atomic E-state index is -0.288. The Morgan fingerprint density at radius 1 is 1.24 bits per heavy atom. The lowest BCUT2D eigenvalue weighted by atomic mass is 10.2. The van der Waals surface area contributed by atoms with Gasteiger partial charge in [-0.2, -0.15) is 0 Å². The van der Waals surface area contributed by atoms with E-state index in [1.165, 1.54) is 6.07 Å². The van der Waals surface area contributed by atoms with Crippen molar-refractivity contribution in [2.75, 3.05) is 33.7 Å². The minimum absolute atomic E-state index is 0.114. The SMILES string of the molecule is CCN(CC)CCCn1c(C)cc(=O)c(O)c1CN(C)C. The number of pyridine rings is 1. The van der Waals surface area contributed by atoms with E-state index in [0.717, 1.165) is 38.3 Å². The van der Waals surface area contributed by atoms with Crippen molar-refractivity contribution in [3.63, 3.8) is 0 Å². The van der Waals surface area contributed by atoms with Crippen LogP contribution in [0.3, 0.4) is 0 Å². The zero-order valence-corrected chi connectivity index (χ0v) is 14.0. The smallest absolute Gasteiger partial charge is 0.223 e. The molecule has 1 aromatic heterocycles. The summed E-state index contributed by atoms with van der Waals surface area (Å²) in [6, 6.07) is 1.52. The van der Waals surface area contributed by atoms with Gasteiger partial charge in [0.1, 0.15) is 0 Å². The van der Waals surface area contributed by atoms with E-state index in [4.69, 9.17) is 0 Å². The van der Waals surface area contributed by atoms with Crippen molar-refractivity contribution < 1.29 is 5.11 Å². The average molecular weight is 295 g/mol. The lowest BCUT2D eigenvalue weighted by molar-refractivity contribution is 0.289. The predicted molar refractivity (Wildman–Crippen MR) is 86.9 cm³/mol. The van der Waals surface area contributed by atoms with Gasteiger partial charge in [0.25, 0.3) is 0 Å². The molecular weight excluding hydrogens is 266 g/mol. The van der Waals surface area contributed by atoms with Crippen LogP contribution in [0.4, 0.5) is 0 Å². The maximum atomic E-state index is 11.8. The van der Waals surface area contributed by atoms with Gasteiger partial charge in [-0.15, -0.1) is 0 Å². The first kappa shape index (κ1) is 17.7. The first-order chi connectivity index (χ1) is 9.90. The molecule has 0 radical (unpaired) electrons. The van der Waals surface area contributed by atoms with E-state index < -0.39 is 0 Å². The van der Waals surface area contributed by atoms with Crippen LogP contribution in [0, 0.1) is 6.92 Å². The molecule has 0 spiro atoms. The van der Waals surface area contributed by atoms with E-state index in [-0.39, 0.29) is 11.2 Å². The number of aromatic hydroxyl groups is 1. The van der Waals surface area contributed by atoms with Gasteiger partial charge in [0.05, 0.1) is 5.69 Å². The highest BCUT2D eigenvalue weighted by atomic mass is 16.3. The first-order valence-electron chi connectivity index (χ1n) is 7.70. The number of hydrogen-bond acceptors (Lipinski definition) is 4. The van der Waals surface area contributed by atoms with E-state index in [1.54, 1.807) is 0 Å². The molecule has 5 heteroatoms. The van der Waals surface area contributed by atoms with Crippen LogP contribution in [0.25, 0.3) is 0 Å². The summed E-state index contributed by atoms with van der Waals surface area (Å²) in [4.78, 5) is 16.1. The number of rotatable bonds is 8. The maximum absolute atomic E-state index is 11.8. The van der Waals surface area contributed by atoms with E-state index in [9.17, 15) is 9.90 Å². The zero-order chi connectivity index (χ0) is 16.0. The van der Waals surface area contributed by atoms with E-state index in [2.05, 4.69) is 23.3 Å². The molecule has 0 saturated carbocycles. The van der Waals surface area contributed by atoms with Gasteiger partial charge in [-0.1, -0.05) is 13.8 Å². The fourth-order valence-corrected chi connectivity index (χ4v) is 2.58. The van der Waals surface area contributed by atoms with Crippen LogP contribution in [0.2, 0.25) is 0 Å². The van der Waals surface area contributed by atoms with Crippen LogP contribution in [-0.4, -0.2) is 53.2 Å². The third kappa shape index (κ3) is 4.86. The first-order valence-corrected chi connectivity index (χ1v) is 7.70. The molecule has 0 amide bonds. The largest absolute Gasteiger partial charge is 0.503 e. The Morgan fingerprint density at radius 2 is 1.86 bits per heavy atom. The van der Waals surface area contributed by atoms with Gasteiger partial charge in [-0.25, -0.2) is 0 Å². The molecule has 0 aromatic carbocycles. The molecule has 1 aromatic rings. The molecule has 5 nitrogen and oxygen atoms in total. The molecule has 0 fully saturated rings. The van der Waals surface area contributed by atoms with E-state index in [1.807, 2.05) is 25.9 Å². The van der Waals surface area contributed by atoms with Crippen LogP contribution in [-0.2, 0) is 13.1 Å². The summed E-state index contributed by atoms with van der Waals surface area (Å²) in [6.45, 7) is 10.8.